The van der Waals surface area contributed by atoms with E-state index in [1.165, 1.54) is 0 Å². The molecule has 0 saturated carbocycles. The zero-order valence-electron chi connectivity index (χ0n) is 16.0. The Hall–Kier alpha value is -3.85. The van der Waals surface area contributed by atoms with E-state index in [1.807, 2.05) is 91.0 Å². The molecular weight excluding hydrogens is 360 g/mol. The molecule has 0 fully saturated rings. The van der Waals surface area contributed by atoms with Gasteiger partial charge in [-0.25, -0.2) is 0 Å². The number of carbonyl (C=O) groups is 1. The van der Waals surface area contributed by atoms with Gasteiger partial charge in [0.15, 0.2) is 17.3 Å². The van der Waals surface area contributed by atoms with Gasteiger partial charge in [0.05, 0.1) is 7.11 Å². The molecule has 0 bridgehead atoms. The molecule has 0 atom stereocenters. The standard InChI is InChI=1S/C26H20O3/c1-28-26-17-19(12-16-25(26)29-23-9-3-2-4-10-23)11-15-24(27)22-14-13-20-7-5-6-8-21(20)18-22/h2-18H,1H3/b15-11+. The third-order valence-electron chi connectivity index (χ3n) is 4.62. The number of hydrogen-bond donors (Lipinski definition) is 0. The molecule has 0 aliphatic heterocycles. The Morgan fingerprint density at radius 1 is 0.759 bits per heavy atom. The van der Waals surface area contributed by atoms with Crippen LogP contribution in [0.25, 0.3) is 16.8 Å². The summed E-state index contributed by atoms with van der Waals surface area (Å²) in [6.07, 6.45) is 3.36. The molecule has 4 aromatic rings. The van der Waals surface area contributed by atoms with E-state index >= 15 is 0 Å². The third-order valence-corrected chi connectivity index (χ3v) is 4.62. The molecule has 0 saturated heterocycles. The Bertz CT molecular complexity index is 1180. The minimum absolute atomic E-state index is 0.0423. The van der Waals surface area contributed by atoms with Gasteiger partial charge in [-0.2, -0.15) is 0 Å². The summed E-state index contributed by atoms with van der Waals surface area (Å²) in [4.78, 5) is 12.6. The van der Waals surface area contributed by atoms with Crippen molar-refractivity contribution in [3.05, 3.63) is 108 Å². The van der Waals surface area contributed by atoms with E-state index in [0.717, 1.165) is 22.1 Å². The minimum atomic E-state index is -0.0423. The van der Waals surface area contributed by atoms with E-state index in [1.54, 1.807) is 19.3 Å². The number of rotatable bonds is 6. The van der Waals surface area contributed by atoms with Crippen LogP contribution in [0.3, 0.4) is 0 Å². The van der Waals surface area contributed by atoms with Crippen LogP contribution in [-0.4, -0.2) is 12.9 Å². The van der Waals surface area contributed by atoms with Gasteiger partial charge in [0.25, 0.3) is 0 Å². The van der Waals surface area contributed by atoms with Gasteiger partial charge in [0.2, 0.25) is 0 Å². The molecule has 0 unspecified atom stereocenters. The first-order chi connectivity index (χ1) is 14.2. The van der Waals surface area contributed by atoms with Crippen LogP contribution >= 0.6 is 0 Å². The van der Waals surface area contributed by atoms with Crippen LogP contribution in [-0.2, 0) is 0 Å². The number of allylic oxidation sites excluding steroid dienone is 1. The highest BCUT2D eigenvalue weighted by atomic mass is 16.5. The van der Waals surface area contributed by atoms with Crippen molar-refractivity contribution in [1.29, 1.82) is 0 Å². The summed E-state index contributed by atoms with van der Waals surface area (Å²) in [6, 6.07) is 28.8. The number of hydrogen-bond acceptors (Lipinski definition) is 3. The summed E-state index contributed by atoms with van der Waals surface area (Å²) in [7, 11) is 1.60. The molecular formula is C26H20O3. The lowest BCUT2D eigenvalue weighted by Crippen LogP contribution is -1.94. The van der Waals surface area contributed by atoms with Crippen molar-refractivity contribution in [2.24, 2.45) is 0 Å². The summed E-state index contributed by atoms with van der Waals surface area (Å²) in [5, 5.41) is 2.17. The second-order valence-corrected chi connectivity index (χ2v) is 6.58. The van der Waals surface area contributed by atoms with Crippen molar-refractivity contribution in [3.63, 3.8) is 0 Å². The molecule has 0 aliphatic carbocycles. The third kappa shape index (κ3) is 4.36. The maximum atomic E-state index is 12.6. The van der Waals surface area contributed by atoms with Crippen LogP contribution < -0.4 is 9.47 Å². The van der Waals surface area contributed by atoms with E-state index in [2.05, 4.69) is 0 Å². The van der Waals surface area contributed by atoms with Crippen molar-refractivity contribution in [1.82, 2.24) is 0 Å². The monoisotopic (exact) mass is 380 g/mol. The molecule has 0 aromatic heterocycles. The van der Waals surface area contributed by atoms with E-state index in [9.17, 15) is 4.79 Å². The van der Waals surface area contributed by atoms with Crippen LogP contribution in [0.1, 0.15) is 15.9 Å². The van der Waals surface area contributed by atoms with Crippen molar-refractivity contribution < 1.29 is 14.3 Å². The Balaban J connectivity index is 1.53. The van der Waals surface area contributed by atoms with Crippen molar-refractivity contribution in [2.75, 3.05) is 7.11 Å². The Morgan fingerprint density at radius 3 is 2.31 bits per heavy atom. The maximum absolute atomic E-state index is 12.6. The van der Waals surface area contributed by atoms with Gasteiger partial charge >= 0.3 is 0 Å². The molecule has 0 radical (unpaired) electrons. The minimum Gasteiger partial charge on any atom is -0.493 e. The summed E-state index contributed by atoms with van der Waals surface area (Å²) in [5.74, 6) is 1.92. The highest BCUT2D eigenvalue weighted by Gasteiger charge is 2.07. The lowest BCUT2D eigenvalue weighted by molar-refractivity contribution is 0.104. The lowest BCUT2D eigenvalue weighted by atomic mass is 10.0. The largest absolute Gasteiger partial charge is 0.493 e. The average Bonchev–Trinajstić information content (AvgIpc) is 2.78. The molecule has 142 valence electrons. The average molecular weight is 380 g/mol. The fraction of sp³-hybridized carbons (Fsp3) is 0.0385. The number of benzene rings is 4. The van der Waals surface area contributed by atoms with Crippen molar-refractivity contribution >= 4 is 22.6 Å². The molecule has 3 nitrogen and oxygen atoms in total. The van der Waals surface area contributed by atoms with E-state index in [4.69, 9.17) is 9.47 Å². The normalized spacial score (nSPS) is 10.9. The van der Waals surface area contributed by atoms with Gasteiger partial charge in [-0.05, 0) is 52.7 Å². The van der Waals surface area contributed by atoms with Crippen LogP contribution in [0, 0.1) is 0 Å². The summed E-state index contributed by atoms with van der Waals surface area (Å²) in [6.45, 7) is 0. The van der Waals surface area contributed by atoms with Gasteiger partial charge in [-0.3, -0.25) is 4.79 Å². The number of fused-ring (bicyclic) bond motifs is 1. The van der Waals surface area contributed by atoms with Crippen molar-refractivity contribution in [2.45, 2.75) is 0 Å². The second kappa shape index (κ2) is 8.44. The number of ketones is 1. The number of carbonyl (C=O) groups excluding carboxylic acids is 1. The molecule has 0 amide bonds. The van der Waals surface area contributed by atoms with Crippen molar-refractivity contribution in [3.8, 4) is 17.2 Å². The molecule has 0 spiro atoms. The molecule has 4 aromatic carbocycles. The molecule has 4 rings (SSSR count). The number of ether oxygens (including phenoxy) is 2. The highest BCUT2D eigenvalue weighted by molar-refractivity contribution is 6.08. The van der Waals surface area contributed by atoms with Crippen LogP contribution in [0.4, 0.5) is 0 Å². The first-order valence-corrected chi connectivity index (χ1v) is 9.35. The predicted molar refractivity (Wildman–Crippen MR) is 117 cm³/mol. The highest BCUT2D eigenvalue weighted by Crippen LogP contribution is 2.32. The number of para-hydroxylation sites is 1. The van der Waals surface area contributed by atoms with Gasteiger partial charge < -0.3 is 9.47 Å². The SMILES string of the molecule is COc1cc(/C=C/C(=O)c2ccc3ccccc3c2)ccc1Oc1ccccc1. The topological polar surface area (TPSA) is 35.5 Å². The molecule has 0 aliphatic rings. The lowest BCUT2D eigenvalue weighted by Gasteiger charge is -2.11. The quantitative estimate of drug-likeness (QED) is 0.281. The van der Waals surface area contributed by atoms with Gasteiger partial charge in [-0.15, -0.1) is 0 Å². The second-order valence-electron chi connectivity index (χ2n) is 6.58. The first-order valence-electron chi connectivity index (χ1n) is 9.35. The number of methoxy groups -OCH3 is 1. The summed E-state index contributed by atoms with van der Waals surface area (Å²) >= 11 is 0. The van der Waals surface area contributed by atoms with E-state index < -0.39 is 0 Å². The van der Waals surface area contributed by atoms with Crippen LogP contribution in [0.15, 0.2) is 97.1 Å². The maximum Gasteiger partial charge on any atom is 0.185 e. The Kier molecular flexibility index (Phi) is 5.39. The van der Waals surface area contributed by atoms with Gasteiger partial charge in [0, 0.05) is 5.56 Å². The van der Waals surface area contributed by atoms with Gasteiger partial charge in [-0.1, -0.05) is 66.7 Å². The summed E-state index contributed by atoms with van der Waals surface area (Å²) < 4.78 is 11.3. The molecule has 0 heterocycles. The van der Waals surface area contributed by atoms with Crippen LogP contribution in [0.5, 0.6) is 17.2 Å². The Morgan fingerprint density at radius 2 is 1.52 bits per heavy atom. The smallest absolute Gasteiger partial charge is 0.185 e. The van der Waals surface area contributed by atoms with E-state index in [-0.39, 0.29) is 5.78 Å². The van der Waals surface area contributed by atoms with Gasteiger partial charge in [0.1, 0.15) is 5.75 Å². The van der Waals surface area contributed by atoms with E-state index in [0.29, 0.717) is 17.1 Å². The molecule has 0 N–H and O–H groups in total. The predicted octanol–water partition coefficient (Wildman–Crippen LogP) is 6.54. The molecule has 29 heavy (non-hydrogen) atoms. The first kappa shape index (κ1) is 18.5. The zero-order valence-corrected chi connectivity index (χ0v) is 16.0. The Labute approximate surface area is 169 Å². The molecule has 3 heteroatoms. The summed E-state index contributed by atoms with van der Waals surface area (Å²) in [5.41, 5.74) is 1.52. The zero-order chi connectivity index (χ0) is 20.1. The fourth-order valence-corrected chi connectivity index (χ4v) is 3.10. The fourth-order valence-electron chi connectivity index (χ4n) is 3.10. The van der Waals surface area contributed by atoms with Crippen LogP contribution in [0.2, 0.25) is 0 Å².